The average Bonchev–Trinajstić information content (AvgIpc) is 2.74. The second-order valence-electron chi connectivity index (χ2n) is 4.20. The Morgan fingerprint density at radius 1 is 1.22 bits per heavy atom. The lowest BCUT2D eigenvalue weighted by Gasteiger charge is -2.01. The number of hydrogen-bond donors (Lipinski definition) is 1. The van der Waals surface area contributed by atoms with Crippen LogP contribution in [0.25, 0.3) is 22.2 Å². The van der Waals surface area contributed by atoms with Crippen molar-refractivity contribution in [3.63, 3.8) is 0 Å². The largest absolute Gasteiger partial charge is 0.275 e. The van der Waals surface area contributed by atoms with E-state index >= 15 is 0 Å². The summed E-state index contributed by atoms with van der Waals surface area (Å²) in [5, 5.41) is 11.4. The van der Waals surface area contributed by atoms with Crippen LogP contribution in [-0.4, -0.2) is 20.0 Å². The Hall–Kier alpha value is -2.43. The number of aryl methyl sites for hydroxylation is 2. The van der Waals surface area contributed by atoms with E-state index in [1.165, 1.54) is 0 Å². The molecule has 0 radical (unpaired) electrons. The summed E-state index contributed by atoms with van der Waals surface area (Å²) in [6, 6.07) is 9.75. The smallest absolute Gasteiger partial charge is 0.267 e. The predicted octanol–water partition coefficient (Wildman–Crippen LogP) is 1.63. The lowest BCUT2D eigenvalue weighted by molar-refractivity contribution is 0.786. The van der Waals surface area contributed by atoms with Gasteiger partial charge in [-0.3, -0.25) is 9.48 Å². The van der Waals surface area contributed by atoms with Gasteiger partial charge in [0.05, 0.1) is 16.8 Å². The molecule has 0 saturated carbocycles. The van der Waals surface area contributed by atoms with E-state index in [-0.39, 0.29) is 5.56 Å². The van der Waals surface area contributed by atoms with Gasteiger partial charge in [0.15, 0.2) is 0 Å². The third kappa shape index (κ3) is 1.44. The van der Waals surface area contributed by atoms with E-state index in [0.29, 0.717) is 10.9 Å². The third-order valence-corrected chi connectivity index (χ3v) is 2.99. The Balaban J connectivity index is 2.47. The van der Waals surface area contributed by atoms with E-state index < -0.39 is 0 Å². The Kier molecular flexibility index (Phi) is 2.26. The fourth-order valence-electron chi connectivity index (χ4n) is 2.16. The highest BCUT2D eigenvalue weighted by molar-refractivity contribution is 5.93. The van der Waals surface area contributed by atoms with Crippen LogP contribution in [0.15, 0.2) is 35.1 Å². The Labute approximate surface area is 103 Å². The predicted molar refractivity (Wildman–Crippen MR) is 69.3 cm³/mol. The fourth-order valence-corrected chi connectivity index (χ4v) is 2.16. The third-order valence-electron chi connectivity index (χ3n) is 2.99. The van der Waals surface area contributed by atoms with Crippen LogP contribution in [-0.2, 0) is 7.05 Å². The number of H-pyrrole nitrogens is 1. The van der Waals surface area contributed by atoms with E-state index in [2.05, 4.69) is 15.3 Å². The zero-order valence-electron chi connectivity index (χ0n) is 10.1. The van der Waals surface area contributed by atoms with E-state index in [1.807, 2.05) is 44.3 Å². The van der Waals surface area contributed by atoms with Crippen molar-refractivity contribution in [1.82, 2.24) is 20.0 Å². The molecule has 0 aliphatic carbocycles. The fraction of sp³-hybridized carbons (Fsp3) is 0.154. The van der Waals surface area contributed by atoms with E-state index in [9.17, 15) is 4.79 Å². The van der Waals surface area contributed by atoms with Gasteiger partial charge in [0.2, 0.25) is 0 Å². The number of nitrogens with one attached hydrogen (secondary N) is 1. The maximum absolute atomic E-state index is 12.0. The number of aromatic amines is 1. The summed E-state index contributed by atoms with van der Waals surface area (Å²) in [5.41, 5.74) is 2.96. The molecule has 0 unspecified atom stereocenters. The highest BCUT2D eigenvalue weighted by atomic mass is 16.1. The molecule has 2 heterocycles. The van der Waals surface area contributed by atoms with E-state index in [4.69, 9.17) is 0 Å². The van der Waals surface area contributed by atoms with Gasteiger partial charge in [-0.1, -0.05) is 30.3 Å². The number of hydrogen-bond acceptors (Lipinski definition) is 3. The molecule has 2 aromatic heterocycles. The second kappa shape index (κ2) is 3.80. The monoisotopic (exact) mass is 240 g/mol. The molecule has 90 valence electrons. The molecule has 3 aromatic rings. The first kappa shape index (κ1) is 10.7. The van der Waals surface area contributed by atoms with Crippen molar-refractivity contribution in [2.24, 2.45) is 7.05 Å². The molecular formula is C13H12N4O. The van der Waals surface area contributed by atoms with E-state index in [1.54, 1.807) is 4.68 Å². The summed E-state index contributed by atoms with van der Waals surface area (Å²) in [4.78, 5) is 12.0. The number of benzene rings is 1. The molecule has 0 aliphatic rings. The molecule has 18 heavy (non-hydrogen) atoms. The zero-order chi connectivity index (χ0) is 12.7. The minimum Gasteiger partial charge on any atom is -0.267 e. The summed E-state index contributed by atoms with van der Waals surface area (Å²) in [5.74, 6) is 0. The normalized spacial score (nSPS) is 11.0. The summed E-state index contributed by atoms with van der Waals surface area (Å²) >= 11 is 0. The maximum atomic E-state index is 12.0. The molecule has 5 heteroatoms. The molecule has 1 N–H and O–H groups in total. The second-order valence-corrected chi connectivity index (χ2v) is 4.20. The minimum atomic E-state index is -0.206. The van der Waals surface area contributed by atoms with Gasteiger partial charge < -0.3 is 0 Å². The highest BCUT2D eigenvalue weighted by Crippen LogP contribution is 2.25. The van der Waals surface area contributed by atoms with Crippen molar-refractivity contribution in [3.8, 4) is 11.3 Å². The number of nitrogens with zero attached hydrogens (tertiary/aromatic N) is 3. The molecule has 0 spiro atoms. The van der Waals surface area contributed by atoms with Crippen molar-refractivity contribution < 1.29 is 0 Å². The quantitative estimate of drug-likeness (QED) is 0.703. The molecule has 3 rings (SSSR count). The molecule has 0 amide bonds. The van der Waals surface area contributed by atoms with Crippen molar-refractivity contribution in [2.75, 3.05) is 0 Å². The standard InChI is InChI=1S/C13H12N4O/c1-8-11-10(13(18)15-14-8)12(17(2)16-11)9-6-4-3-5-7-9/h3-7H,1-2H3,(H,15,18). The summed E-state index contributed by atoms with van der Waals surface area (Å²) in [6.07, 6.45) is 0. The first-order valence-electron chi connectivity index (χ1n) is 5.66. The average molecular weight is 240 g/mol. The van der Waals surface area contributed by atoms with Gasteiger partial charge in [0, 0.05) is 12.6 Å². The SMILES string of the molecule is Cc1n[nH]c(=O)c2c(-c3ccccc3)n(C)nc12. The Morgan fingerprint density at radius 2 is 1.94 bits per heavy atom. The molecule has 0 bridgehead atoms. The molecule has 0 atom stereocenters. The first-order chi connectivity index (χ1) is 8.68. The summed E-state index contributed by atoms with van der Waals surface area (Å²) < 4.78 is 1.73. The van der Waals surface area contributed by atoms with Crippen LogP contribution in [0.2, 0.25) is 0 Å². The van der Waals surface area contributed by atoms with Gasteiger partial charge >= 0.3 is 0 Å². The lowest BCUT2D eigenvalue weighted by atomic mass is 10.1. The number of fused-ring (bicyclic) bond motifs is 1. The van der Waals surface area contributed by atoms with Crippen LogP contribution in [0.4, 0.5) is 0 Å². The van der Waals surface area contributed by atoms with Crippen molar-refractivity contribution in [3.05, 3.63) is 46.4 Å². The van der Waals surface area contributed by atoms with Gasteiger partial charge in [0.1, 0.15) is 5.52 Å². The molecular weight excluding hydrogens is 228 g/mol. The van der Waals surface area contributed by atoms with Crippen LogP contribution in [0.5, 0.6) is 0 Å². The van der Waals surface area contributed by atoms with Gasteiger partial charge in [-0.25, -0.2) is 5.10 Å². The Bertz CT molecular complexity index is 771. The van der Waals surface area contributed by atoms with Crippen LogP contribution >= 0.6 is 0 Å². The molecule has 5 nitrogen and oxygen atoms in total. The zero-order valence-corrected chi connectivity index (χ0v) is 10.1. The Morgan fingerprint density at radius 3 is 2.67 bits per heavy atom. The molecule has 0 aliphatic heterocycles. The summed E-state index contributed by atoms with van der Waals surface area (Å²) in [7, 11) is 1.83. The van der Waals surface area contributed by atoms with Gasteiger partial charge in [-0.15, -0.1) is 0 Å². The van der Waals surface area contributed by atoms with Crippen LogP contribution in [0, 0.1) is 6.92 Å². The number of aromatic nitrogens is 4. The van der Waals surface area contributed by atoms with Gasteiger partial charge in [-0.05, 0) is 6.92 Å². The van der Waals surface area contributed by atoms with Crippen LogP contribution in [0.1, 0.15) is 5.69 Å². The summed E-state index contributed by atoms with van der Waals surface area (Å²) in [6.45, 7) is 1.83. The number of rotatable bonds is 1. The maximum Gasteiger partial charge on any atom is 0.275 e. The first-order valence-corrected chi connectivity index (χ1v) is 5.66. The van der Waals surface area contributed by atoms with Crippen LogP contribution in [0.3, 0.4) is 0 Å². The molecule has 1 aromatic carbocycles. The van der Waals surface area contributed by atoms with Crippen molar-refractivity contribution in [1.29, 1.82) is 0 Å². The molecule has 0 fully saturated rings. The highest BCUT2D eigenvalue weighted by Gasteiger charge is 2.16. The van der Waals surface area contributed by atoms with Crippen molar-refractivity contribution >= 4 is 10.9 Å². The van der Waals surface area contributed by atoms with Crippen molar-refractivity contribution in [2.45, 2.75) is 6.92 Å². The van der Waals surface area contributed by atoms with E-state index in [0.717, 1.165) is 17.0 Å². The minimum absolute atomic E-state index is 0.206. The lowest BCUT2D eigenvalue weighted by Crippen LogP contribution is -2.09. The van der Waals surface area contributed by atoms with Gasteiger partial charge in [0.25, 0.3) is 5.56 Å². The topological polar surface area (TPSA) is 63.6 Å². The molecule has 0 saturated heterocycles. The van der Waals surface area contributed by atoms with Gasteiger partial charge in [-0.2, -0.15) is 10.2 Å². The van der Waals surface area contributed by atoms with Crippen LogP contribution < -0.4 is 5.56 Å².